The molecular formula is C12H12ClIN2O4. The number of hydrogen-bond acceptors (Lipinski definition) is 3. The van der Waals surface area contributed by atoms with Crippen molar-refractivity contribution in [3.8, 4) is 0 Å². The average Bonchev–Trinajstić information content (AvgIpc) is 2.75. The number of aliphatic carboxylic acids is 1. The Morgan fingerprint density at radius 3 is 2.75 bits per heavy atom. The molecule has 3 N–H and O–H groups in total. The van der Waals surface area contributed by atoms with Gasteiger partial charge < -0.3 is 20.4 Å². The van der Waals surface area contributed by atoms with Crippen LogP contribution in [0.3, 0.4) is 0 Å². The van der Waals surface area contributed by atoms with Crippen molar-refractivity contribution in [2.75, 3.05) is 11.9 Å². The number of anilines is 1. The number of carboxylic acid groups (broad SMARTS) is 1. The number of likely N-dealkylation sites (tertiary alicyclic amines) is 1. The molecule has 1 fully saturated rings. The predicted molar refractivity (Wildman–Crippen MR) is 81.9 cm³/mol. The van der Waals surface area contributed by atoms with Crippen molar-refractivity contribution in [2.24, 2.45) is 0 Å². The van der Waals surface area contributed by atoms with Gasteiger partial charge in [0.2, 0.25) is 0 Å². The van der Waals surface area contributed by atoms with Crippen LogP contribution in [0.1, 0.15) is 6.42 Å². The molecule has 0 radical (unpaired) electrons. The van der Waals surface area contributed by atoms with E-state index < -0.39 is 24.1 Å². The summed E-state index contributed by atoms with van der Waals surface area (Å²) in [5, 5.41) is 21.8. The fourth-order valence-electron chi connectivity index (χ4n) is 2.05. The first-order valence-corrected chi connectivity index (χ1v) is 7.27. The average molecular weight is 411 g/mol. The summed E-state index contributed by atoms with van der Waals surface area (Å²) in [5.41, 5.74) is 0.547. The second-order valence-electron chi connectivity index (χ2n) is 4.45. The molecule has 1 aromatic carbocycles. The van der Waals surface area contributed by atoms with E-state index >= 15 is 0 Å². The Bertz CT molecular complexity index is 554. The SMILES string of the molecule is O=C(O)C1CC(O)CN1C(=O)Nc1ccc(Cl)cc1I. The van der Waals surface area contributed by atoms with Gasteiger partial charge in [-0.3, -0.25) is 0 Å². The topological polar surface area (TPSA) is 89.9 Å². The summed E-state index contributed by atoms with van der Waals surface area (Å²) in [5.74, 6) is -1.12. The highest BCUT2D eigenvalue weighted by Gasteiger charge is 2.39. The number of aliphatic hydroxyl groups excluding tert-OH is 1. The van der Waals surface area contributed by atoms with Crippen molar-refractivity contribution < 1.29 is 19.8 Å². The number of hydrogen-bond donors (Lipinski definition) is 3. The molecule has 1 aromatic rings. The maximum atomic E-state index is 12.1. The van der Waals surface area contributed by atoms with E-state index in [9.17, 15) is 14.7 Å². The van der Waals surface area contributed by atoms with Crippen LogP contribution in [0.15, 0.2) is 18.2 Å². The summed E-state index contributed by atoms with van der Waals surface area (Å²) in [4.78, 5) is 24.3. The Labute approximate surface area is 133 Å². The van der Waals surface area contributed by atoms with Crippen molar-refractivity contribution in [3.05, 3.63) is 26.8 Å². The van der Waals surface area contributed by atoms with Gasteiger partial charge in [0.05, 0.1) is 11.8 Å². The standard InChI is InChI=1S/C12H12ClIN2O4/c13-6-1-2-9(8(14)3-6)15-12(20)16-5-7(17)4-10(16)11(18)19/h1-3,7,10,17H,4-5H2,(H,15,20)(H,18,19). The van der Waals surface area contributed by atoms with Crippen LogP contribution in [0.4, 0.5) is 10.5 Å². The lowest BCUT2D eigenvalue weighted by molar-refractivity contribution is -0.141. The molecule has 1 saturated heterocycles. The molecule has 0 aromatic heterocycles. The highest BCUT2D eigenvalue weighted by Crippen LogP contribution is 2.24. The van der Waals surface area contributed by atoms with Gasteiger partial charge in [-0.1, -0.05) is 11.6 Å². The van der Waals surface area contributed by atoms with Crippen molar-refractivity contribution in [3.63, 3.8) is 0 Å². The van der Waals surface area contributed by atoms with Crippen molar-refractivity contribution >= 4 is 51.9 Å². The maximum absolute atomic E-state index is 12.1. The van der Waals surface area contributed by atoms with Gasteiger partial charge in [0.15, 0.2) is 0 Å². The molecule has 0 spiro atoms. The molecule has 20 heavy (non-hydrogen) atoms. The number of halogens is 2. The van der Waals surface area contributed by atoms with E-state index in [1.807, 2.05) is 22.6 Å². The van der Waals surface area contributed by atoms with Crippen LogP contribution in [0.5, 0.6) is 0 Å². The minimum atomic E-state index is -1.12. The molecule has 2 unspecified atom stereocenters. The molecule has 108 valence electrons. The summed E-state index contributed by atoms with van der Waals surface area (Å²) in [6.45, 7) is 0.00691. The van der Waals surface area contributed by atoms with Crippen LogP contribution in [0.2, 0.25) is 5.02 Å². The fraction of sp³-hybridized carbons (Fsp3) is 0.333. The van der Waals surface area contributed by atoms with Gasteiger partial charge in [0.1, 0.15) is 6.04 Å². The minimum Gasteiger partial charge on any atom is -0.480 e. The molecule has 2 rings (SSSR count). The van der Waals surface area contributed by atoms with Crippen LogP contribution in [-0.2, 0) is 4.79 Å². The van der Waals surface area contributed by atoms with Crippen molar-refractivity contribution in [2.45, 2.75) is 18.6 Å². The van der Waals surface area contributed by atoms with Gasteiger partial charge in [-0.2, -0.15) is 0 Å². The second-order valence-corrected chi connectivity index (χ2v) is 6.05. The lowest BCUT2D eigenvalue weighted by Crippen LogP contribution is -2.43. The maximum Gasteiger partial charge on any atom is 0.326 e. The Balaban J connectivity index is 2.13. The molecular weight excluding hydrogens is 398 g/mol. The smallest absolute Gasteiger partial charge is 0.326 e. The number of rotatable bonds is 2. The molecule has 0 saturated carbocycles. The van der Waals surface area contributed by atoms with E-state index in [-0.39, 0.29) is 13.0 Å². The van der Waals surface area contributed by atoms with Gasteiger partial charge in [0, 0.05) is 21.6 Å². The lowest BCUT2D eigenvalue weighted by atomic mass is 10.2. The number of carbonyl (C=O) groups is 2. The number of amides is 2. The predicted octanol–water partition coefficient (Wildman–Crippen LogP) is 2.00. The zero-order valence-electron chi connectivity index (χ0n) is 10.2. The van der Waals surface area contributed by atoms with Gasteiger partial charge in [0.25, 0.3) is 0 Å². The van der Waals surface area contributed by atoms with Gasteiger partial charge in [-0.25, -0.2) is 9.59 Å². The van der Waals surface area contributed by atoms with Crippen LogP contribution >= 0.6 is 34.2 Å². The molecule has 2 atom stereocenters. The van der Waals surface area contributed by atoms with Crippen LogP contribution < -0.4 is 5.32 Å². The van der Waals surface area contributed by atoms with E-state index in [0.717, 1.165) is 8.47 Å². The van der Waals surface area contributed by atoms with E-state index in [1.165, 1.54) is 0 Å². The molecule has 6 nitrogen and oxygen atoms in total. The fourth-order valence-corrected chi connectivity index (χ4v) is 3.06. The molecule has 8 heteroatoms. The Kier molecular flexibility index (Phi) is 4.71. The molecule has 0 aliphatic carbocycles. The molecule has 2 amide bonds. The van der Waals surface area contributed by atoms with Crippen LogP contribution in [0, 0.1) is 3.57 Å². The number of urea groups is 1. The zero-order valence-corrected chi connectivity index (χ0v) is 13.1. The van der Waals surface area contributed by atoms with Gasteiger partial charge in [-0.15, -0.1) is 0 Å². The monoisotopic (exact) mass is 410 g/mol. The highest BCUT2D eigenvalue weighted by atomic mass is 127. The number of carbonyl (C=O) groups excluding carboxylic acids is 1. The summed E-state index contributed by atoms with van der Waals surface area (Å²) in [6.07, 6.45) is -0.772. The molecule has 1 aliphatic rings. The Hall–Kier alpha value is -1.06. The Morgan fingerprint density at radius 1 is 1.45 bits per heavy atom. The van der Waals surface area contributed by atoms with Crippen molar-refractivity contribution in [1.29, 1.82) is 0 Å². The van der Waals surface area contributed by atoms with E-state index in [2.05, 4.69) is 5.32 Å². The van der Waals surface area contributed by atoms with Gasteiger partial charge >= 0.3 is 12.0 Å². The number of nitrogens with one attached hydrogen (secondary N) is 1. The summed E-state index contributed by atoms with van der Waals surface area (Å²) < 4.78 is 0.745. The van der Waals surface area contributed by atoms with E-state index in [4.69, 9.17) is 16.7 Å². The third-order valence-corrected chi connectivity index (χ3v) is 4.13. The first-order chi connectivity index (χ1) is 9.38. The first kappa shape index (κ1) is 15.3. The summed E-state index contributed by atoms with van der Waals surface area (Å²) in [6, 6.07) is 3.41. The third kappa shape index (κ3) is 3.33. The number of aliphatic hydroxyl groups is 1. The van der Waals surface area contributed by atoms with Crippen LogP contribution in [0.25, 0.3) is 0 Å². The first-order valence-electron chi connectivity index (χ1n) is 5.82. The van der Waals surface area contributed by atoms with Crippen LogP contribution in [-0.4, -0.2) is 45.8 Å². The number of nitrogens with zero attached hydrogens (tertiary/aromatic N) is 1. The summed E-state index contributed by atoms with van der Waals surface area (Å²) >= 11 is 7.85. The lowest BCUT2D eigenvalue weighted by Gasteiger charge is -2.22. The molecule has 0 bridgehead atoms. The van der Waals surface area contributed by atoms with E-state index in [1.54, 1.807) is 18.2 Å². The highest BCUT2D eigenvalue weighted by molar-refractivity contribution is 14.1. The minimum absolute atomic E-state index is 0.00691. The Morgan fingerprint density at radius 2 is 2.15 bits per heavy atom. The number of carboxylic acids is 1. The van der Waals surface area contributed by atoms with E-state index in [0.29, 0.717) is 10.7 Å². The van der Waals surface area contributed by atoms with Crippen molar-refractivity contribution in [1.82, 2.24) is 4.90 Å². The number of β-amino-alcohol motifs (C(OH)–C–C–N with tert-alkyl or cyclic N) is 1. The molecule has 1 aliphatic heterocycles. The quantitative estimate of drug-likeness (QED) is 0.651. The second kappa shape index (κ2) is 6.15. The summed E-state index contributed by atoms with van der Waals surface area (Å²) in [7, 11) is 0. The third-order valence-electron chi connectivity index (χ3n) is 3.00. The molecule has 1 heterocycles. The number of benzene rings is 1. The zero-order chi connectivity index (χ0) is 14.9. The van der Waals surface area contributed by atoms with Gasteiger partial charge in [-0.05, 0) is 40.8 Å². The largest absolute Gasteiger partial charge is 0.480 e. The normalized spacial score (nSPS) is 21.9.